The lowest BCUT2D eigenvalue weighted by Gasteiger charge is -2.22. The van der Waals surface area contributed by atoms with Gasteiger partial charge in [-0.15, -0.1) is 0 Å². The first kappa shape index (κ1) is 17.2. The minimum absolute atomic E-state index is 0.195. The van der Waals surface area contributed by atoms with E-state index < -0.39 is 24.0 Å². The molecular weight excluding hydrogens is 252 g/mol. The molecule has 0 aliphatic carbocycles. The van der Waals surface area contributed by atoms with Gasteiger partial charge < -0.3 is 20.1 Å². The van der Waals surface area contributed by atoms with Crippen molar-refractivity contribution in [2.75, 3.05) is 20.2 Å². The molecule has 0 radical (unpaired) electrons. The summed E-state index contributed by atoms with van der Waals surface area (Å²) in [5, 5.41) is 11.4. The van der Waals surface area contributed by atoms with Gasteiger partial charge in [0.15, 0.2) is 0 Å². The Labute approximate surface area is 112 Å². The number of carboxylic acid groups (broad SMARTS) is 1. The molecule has 2 N–H and O–H groups in total. The number of carbonyl (C=O) groups excluding carboxylic acids is 2. The maximum Gasteiger partial charge on any atom is 0.326 e. The van der Waals surface area contributed by atoms with Gasteiger partial charge in [0, 0.05) is 6.54 Å². The summed E-state index contributed by atoms with van der Waals surface area (Å²) in [6.45, 7) is 3.74. The van der Waals surface area contributed by atoms with E-state index in [1.165, 1.54) is 12.0 Å². The topological polar surface area (TPSA) is 95.9 Å². The number of nitrogens with one attached hydrogen (secondary N) is 1. The molecule has 1 atom stereocenters. The average Bonchev–Trinajstić information content (AvgIpc) is 2.39. The minimum Gasteiger partial charge on any atom is -0.480 e. The van der Waals surface area contributed by atoms with Gasteiger partial charge in [-0.2, -0.15) is 0 Å². The molecule has 0 aliphatic heterocycles. The zero-order chi connectivity index (χ0) is 14.8. The lowest BCUT2D eigenvalue weighted by Crippen LogP contribution is -2.49. The van der Waals surface area contributed by atoms with Crippen LogP contribution in [0.4, 0.5) is 4.79 Å². The highest BCUT2D eigenvalue weighted by atomic mass is 16.5. The number of hydrogen-bond acceptors (Lipinski definition) is 4. The molecule has 0 aromatic heterocycles. The molecule has 0 aromatic rings. The Balaban J connectivity index is 4.50. The predicted octanol–water partition coefficient (Wildman–Crippen LogP) is 0.834. The minimum atomic E-state index is -1.07. The molecule has 0 aromatic carbocycles. The van der Waals surface area contributed by atoms with Crippen LogP contribution in [0, 0.1) is 0 Å². The molecule has 19 heavy (non-hydrogen) atoms. The van der Waals surface area contributed by atoms with Crippen molar-refractivity contribution in [1.82, 2.24) is 10.2 Å². The van der Waals surface area contributed by atoms with E-state index in [-0.39, 0.29) is 6.54 Å². The molecular formula is C12H22N2O5. The third-order valence-corrected chi connectivity index (χ3v) is 2.66. The lowest BCUT2D eigenvalue weighted by molar-refractivity contribution is -0.141. The molecule has 0 bridgehead atoms. The van der Waals surface area contributed by atoms with Crippen LogP contribution in [0.15, 0.2) is 0 Å². The number of ether oxygens (including phenoxy) is 1. The third-order valence-electron chi connectivity index (χ3n) is 2.66. The second kappa shape index (κ2) is 9.18. The normalized spacial score (nSPS) is 11.5. The van der Waals surface area contributed by atoms with Crippen molar-refractivity contribution < 1.29 is 24.2 Å². The van der Waals surface area contributed by atoms with E-state index in [1.807, 2.05) is 6.92 Å². The van der Waals surface area contributed by atoms with Crippen LogP contribution in [-0.4, -0.2) is 54.2 Å². The van der Waals surface area contributed by atoms with Gasteiger partial charge in [0.25, 0.3) is 0 Å². The Morgan fingerprint density at radius 1 is 1.32 bits per heavy atom. The van der Waals surface area contributed by atoms with Crippen molar-refractivity contribution in [3.05, 3.63) is 0 Å². The number of methoxy groups -OCH3 is 1. The summed E-state index contributed by atoms with van der Waals surface area (Å²) in [5.74, 6) is -1.62. The van der Waals surface area contributed by atoms with Crippen LogP contribution in [0.1, 0.15) is 33.1 Å². The van der Waals surface area contributed by atoms with E-state index in [2.05, 4.69) is 10.1 Å². The first-order valence-corrected chi connectivity index (χ1v) is 6.31. The molecule has 0 saturated heterocycles. The molecule has 7 heteroatoms. The highest BCUT2D eigenvalue weighted by Gasteiger charge is 2.23. The van der Waals surface area contributed by atoms with E-state index in [4.69, 9.17) is 5.11 Å². The fraction of sp³-hybridized carbons (Fsp3) is 0.750. The second-order valence-electron chi connectivity index (χ2n) is 4.07. The second-order valence-corrected chi connectivity index (χ2v) is 4.07. The molecule has 7 nitrogen and oxygen atoms in total. The maximum atomic E-state index is 11.8. The van der Waals surface area contributed by atoms with Crippen LogP contribution in [0.2, 0.25) is 0 Å². The molecule has 110 valence electrons. The van der Waals surface area contributed by atoms with Crippen LogP contribution < -0.4 is 5.32 Å². The molecule has 2 amide bonds. The quantitative estimate of drug-likeness (QED) is 0.639. The van der Waals surface area contributed by atoms with E-state index >= 15 is 0 Å². The van der Waals surface area contributed by atoms with Gasteiger partial charge in [0.05, 0.1) is 7.11 Å². The van der Waals surface area contributed by atoms with Crippen molar-refractivity contribution >= 4 is 18.0 Å². The van der Waals surface area contributed by atoms with Crippen LogP contribution in [0.25, 0.3) is 0 Å². The summed E-state index contributed by atoms with van der Waals surface area (Å²) in [4.78, 5) is 35.2. The SMILES string of the molecule is CCCC[C@H](NC(=O)N(CC)CC(=O)OC)C(=O)O. The number of unbranched alkanes of at least 4 members (excludes halogenated alkanes) is 1. The number of urea groups is 1. The van der Waals surface area contributed by atoms with Gasteiger partial charge in [-0.1, -0.05) is 19.8 Å². The largest absolute Gasteiger partial charge is 0.480 e. The summed E-state index contributed by atoms with van der Waals surface area (Å²) in [6, 6.07) is -1.50. The van der Waals surface area contributed by atoms with E-state index in [1.54, 1.807) is 6.92 Å². The molecule has 0 heterocycles. The zero-order valence-electron chi connectivity index (χ0n) is 11.6. The van der Waals surface area contributed by atoms with Crippen LogP contribution in [0.5, 0.6) is 0 Å². The first-order chi connectivity index (χ1) is 8.96. The Kier molecular flexibility index (Phi) is 8.32. The van der Waals surface area contributed by atoms with Gasteiger partial charge in [0.2, 0.25) is 0 Å². The number of nitrogens with zero attached hydrogens (tertiary/aromatic N) is 1. The van der Waals surface area contributed by atoms with Gasteiger partial charge in [-0.25, -0.2) is 9.59 Å². The zero-order valence-corrected chi connectivity index (χ0v) is 11.6. The Bertz CT molecular complexity index is 319. The van der Waals surface area contributed by atoms with Crippen LogP contribution in [-0.2, 0) is 14.3 Å². The molecule has 0 spiro atoms. The number of carbonyl (C=O) groups is 3. The molecule has 0 fully saturated rings. The summed E-state index contributed by atoms with van der Waals surface area (Å²) in [7, 11) is 1.23. The fourth-order valence-electron chi connectivity index (χ4n) is 1.45. The van der Waals surface area contributed by atoms with Crippen molar-refractivity contribution in [2.24, 2.45) is 0 Å². The monoisotopic (exact) mass is 274 g/mol. The summed E-state index contributed by atoms with van der Waals surface area (Å²) in [5.41, 5.74) is 0. The fourth-order valence-corrected chi connectivity index (χ4v) is 1.45. The average molecular weight is 274 g/mol. The lowest BCUT2D eigenvalue weighted by atomic mass is 10.1. The van der Waals surface area contributed by atoms with Gasteiger partial charge in [-0.3, -0.25) is 4.79 Å². The number of aliphatic carboxylic acids is 1. The molecule has 0 aliphatic rings. The van der Waals surface area contributed by atoms with Crippen LogP contribution >= 0.6 is 0 Å². The third kappa shape index (κ3) is 6.64. The van der Waals surface area contributed by atoms with Crippen LogP contribution in [0.3, 0.4) is 0 Å². The Morgan fingerprint density at radius 3 is 2.37 bits per heavy atom. The predicted molar refractivity (Wildman–Crippen MR) is 68.7 cm³/mol. The molecule has 0 unspecified atom stereocenters. The van der Waals surface area contributed by atoms with Crippen molar-refractivity contribution in [2.45, 2.75) is 39.2 Å². The molecule has 0 rings (SSSR count). The van der Waals surface area contributed by atoms with Crippen molar-refractivity contribution in [3.63, 3.8) is 0 Å². The van der Waals surface area contributed by atoms with Crippen molar-refractivity contribution in [1.29, 1.82) is 0 Å². The number of likely N-dealkylation sites (N-methyl/N-ethyl adjacent to an activating group) is 1. The number of carboxylic acids is 1. The van der Waals surface area contributed by atoms with Gasteiger partial charge in [-0.05, 0) is 13.3 Å². The first-order valence-electron chi connectivity index (χ1n) is 6.31. The Hall–Kier alpha value is -1.79. The number of hydrogen-bond donors (Lipinski definition) is 2. The highest BCUT2D eigenvalue weighted by Crippen LogP contribution is 2.02. The van der Waals surface area contributed by atoms with Gasteiger partial charge in [0.1, 0.15) is 12.6 Å². The summed E-state index contributed by atoms with van der Waals surface area (Å²) in [6.07, 6.45) is 1.92. The maximum absolute atomic E-state index is 11.8. The number of esters is 1. The Morgan fingerprint density at radius 2 is 1.95 bits per heavy atom. The highest BCUT2D eigenvalue weighted by molar-refractivity contribution is 5.85. The summed E-state index contributed by atoms with van der Waals surface area (Å²) >= 11 is 0. The van der Waals surface area contributed by atoms with E-state index in [9.17, 15) is 14.4 Å². The standard InChI is InChI=1S/C12H22N2O5/c1-4-6-7-9(11(16)17)13-12(18)14(5-2)8-10(15)19-3/h9H,4-8H2,1-3H3,(H,13,18)(H,16,17)/t9-/m0/s1. The summed E-state index contributed by atoms with van der Waals surface area (Å²) < 4.78 is 4.47. The molecule has 0 saturated carbocycles. The van der Waals surface area contributed by atoms with Crippen molar-refractivity contribution in [3.8, 4) is 0 Å². The van der Waals surface area contributed by atoms with E-state index in [0.717, 1.165) is 6.42 Å². The van der Waals surface area contributed by atoms with E-state index in [0.29, 0.717) is 19.4 Å². The number of rotatable bonds is 8. The smallest absolute Gasteiger partial charge is 0.326 e. The number of amides is 2. The van der Waals surface area contributed by atoms with Gasteiger partial charge >= 0.3 is 18.0 Å².